The van der Waals surface area contributed by atoms with E-state index in [9.17, 15) is 9.32 Å². The molecule has 0 saturated carbocycles. The average molecular weight is 255 g/mol. The summed E-state index contributed by atoms with van der Waals surface area (Å²) >= 11 is 4.58. The molecule has 1 aromatic carbocycles. The van der Waals surface area contributed by atoms with Crippen molar-refractivity contribution in [2.75, 3.05) is 0 Å². The molecule has 0 heterocycles. The van der Waals surface area contributed by atoms with Crippen LogP contribution in [-0.2, 0) is 9.74 Å². The van der Waals surface area contributed by atoms with Crippen molar-refractivity contribution in [2.45, 2.75) is 6.42 Å². The van der Waals surface area contributed by atoms with Crippen LogP contribution in [-0.4, -0.2) is 16.8 Å². The Hall–Kier alpha value is -2.02. The molecule has 1 aromatic rings. The lowest BCUT2D eigenvalue weighted by atomic mass is 10.1. The van der Waals surface area contributed by atoms with Crippen molar-refractivity contribution < 1.29 is 14.3 Å². The van der Waals surface area contributed by atoms with Gasteiger partial charge in [0.25, 0.3) is 0 Å². The number of carbonyl (C=O) groups is 1. The molecule has 17 heavy (non-hydrogen) atoms. The molecule has 90 valence electrons. The first-order chi connectivity index (χ1) is 8.13. The predicted molar refractivity (Wildman–Crippen MR) is 64.7 cm³/mol. The molecule has 0 aliphatic rings. The molecule has 3 N–H and O–H groups in total. The summed E-state index contributed by atoms with van der Waals surface area (Å²) in [5.41, 5.74) is 8.46. The van der Waals surface area contributed by atoms with Gasteiger partial charge in [-0.25, -0.2) is 4.79 Å². The summed E-state index contributed by atoms with van der Waals surface area (Å²) in [4.78, 5) is 14.0. The zero-order valence-electron chi connectivity index (χ0n) is 8.72. The monoisotopic (exact) mass is 255 g/mol. The van der Waals surface area contributed by atoms with Crippen LogP contribution in [0.15, 0.2) is 35.4 Å². The molecule has 0 fully saturated rings. The largest absolute Gasteiger partial charge is 0.375 e. The van der Waals surface area contributed by atoms with E-state index in [4.69, 9.17) is 5.73 Å². The van der Waals surface area contributed by atoms with E-state index >= 15 is 0 Å². The van der Waals surface area contributed by atoms with Crippen LogP contribution >= 0.6 is 12.2 Å². The van der Waals surface area contributed by atoms with Gasteiger partial charge >= 0.3 is 5.97 Å². The first kappa shape index (κ1) is 13.0. The number of nitrogens with one attached hydrogen (secondary N) is 1. The van der Waals surface area contributed by atoms with Crippen molar-refractivity contribution in [1.82, 2.24) is 5.43 Å². The summed E-state index contributed by atoms with van der Waals surface area (Å²) < 4.78 is 11.7. The fraction of sp³-hybridized carbons (Fsp3) is 0.100. The number of thiocarbonyl (C=S) groups is 1. The third-order valence-corrected chi connectivity index (χ3v) is 1.90. The molecule has 0 radical (unpaired) electrons. The Labute approximate surface area is 102 Å². The number of rotatable bonds is 4. The van der Waals surface area contributed by atoms with Crippen LogP contribution in [0.3, 0.4) is 0 Å². The smallest absolute Gasteiger partial charge is 0.354 e. The Morgan fingerprint density at radius 2 is 2.12 bits per heavy atom. The maximum Gasteiger partial charge on any atom is 0.354 e. The molecule has 0 bridgehead atoms. The molecule has 5 nitrogen and oxygen atoms in total. The van der Waals surface area contributed by atoms with Crippen LogP contribution in [0, 0.1) is 0 Å². The number of carbonyl (C=O) groups excluding carboxylic acids is 1. The maximum absolute atomic E-state index is 11.7. The molecule has 0 aromatic heterocycles. The van der Waals surface area contributed by atoms with Gasteiger partial charge in [-0.1, -0.05) is 30.3 Å². The number of hydrogen-bond donors (Lipinski definition) is 2. The minimum atomic E-state index is -1.04. The average Bonchev–Trinajstić information content (AvgIpc) is 2.35. The molecule has 0 aliphatic carbocycles. The van der Waals surface area contributed by atoms with Gasteiger partial charge in [0, 0.05) is 4.53 Å². The maximum atomic E-state index is 11.7. The highest BCUT2D eigenvalue weighted by Gasteiger charge is 2.11. The van der Waals surface area contributed by atoms with Gasteiger partial charge in [-0.3, -0.25) is 10.4 Å². The molecule has 7 heteroatoms. The molecular weight excluding hydrogens is 245 g/mol. The molecular formula is C10H10FN3O2S. The lowest BCUT2D eigenvalue weighted by Gasteiger charge is -2.04. The highest BCUT2D eigenvalue weighted by molar-refractivity contribution is 7.80. The fourth-order valence-electron chi connectivity index (χ4n) is 1.12. The molecule has 1 rings (SSSR count). The zero-order valence-corrected chi connectivity index (χ0v) is 9.54. The van der Waals surface area contributed by atoms with E-state index in [1.807, 2.05) is 0 Å². The molecule has 0 unspecified atom stereocenters. The quantitative estimate of drug-likeness (QED) is 0.477. The van der Waals surface area contributed by atoms with Crippen LogP contribution < -0.4 is 11.2 Å². The van der Waals surface area contributed by atoms with Gasteiger partial charge in [-0.2, -0.15) is 5.10 Å². The summed E-state index contributed by atoms with van der Waals surface area (Å²) in [6.45, 7) is 0. The van der Waals surface area contributed by atoms with Crippen molar-refractivity contribution in [1.29, 1.82) is 0 Å². The SMILES string of the molecule is NC(=S)N/N=C(/CC(=O)OF)c1ccccc1. The number of nitrogens with two attached hydrogens (primary N) is 1. The zero-order chi connectivity index (χ0) is 12.7. The summed E-state index contributed by atoms with van der Waals surface area (Å²) in [6, 6.07) is 8.74. The second kappa shape index (κ2) is 6.54. The summed E-state index contributed by atoms with van der Waals surface area (Å²) in [6.07, 6.45) is -0.323. The second-order valence-electron chi connectivity index (χ2n) is 3.03. The first-order valence-electron chi connectivity index (χ1n) is 4.62. The number of hydrazone groups is 1. The number of halogens is 1. The van der Waals surface area contributed by atoms with Crippen LogP contribution in [0.4, 0.5) is 4.53 Å². The van der Waals surface area contributed by atoms with Crippen LogP contribution in [0.1, 0.15) is 12.0 Å². The molecule has 0 saturated heterocycles. The van der Waals surface area contributed by atoms with E-state index in [1.165, 1.54) is 0 Å². The third-order valence-electron chi connectivity index (χ3n) is 1.81. The van der Waals surface area contributed by atoms with Crippen molar-refractivity contribution >= 4 is 29.0 Å². The fourth-order valence-corrected chi connectivity index (χ4v) is 1.17. The van der Waals surface area contributed by atoms with Gasteiger partial charge in [0.1, 0.15) is 0 Å². The van der Waals surface area contributed by atoms with Crippen LogP contribution in [0.2, 0.25) is 0 Å². The molecule has 0 atom stereocenters. The van der Waals surface area contributed by atoms with E-state index in [0.29, 0.717) is 5.56 Å². The third kappa shape index (κ3) is 4.56. The minimum Gasteiger partial charge on any atom is -0.375 e. The normalized spacial score (nSPS) is 10.8. The van der Waals surface area contributed by atoms with Crippen LogP contribution in [0.25, 0.3) is 0 Å². The highest BCUT2D eigenvalue weighted by atomic mass is 32.1. The van der Waals surface area contributed by atoms with E-state index in [1.54, 1.807) is 30.3 Å². The van der Waals surface area contributed by atoms with Crippen molar-refractivity contribution in [3.8, 4) is 0 Å². The topological polar surface area (TPSA) is 76.7 Å². The Kier molecular flexibility index (Phi) is 5.02. The Morgan fingerprint density at radius 1 is 1.47 bits per heavy atom. The van der Waals surface area contributed by atoms with Gasteiger partial charge in [0.05, 0.1) is 12.1 Å². The minimum absolute atomic E-state index is 0.0490. The van der Waals surface area contributed by atoms with E-state index in [-0.39, 0.29) is 17.2 Å². The standard InChI is InChI=1S/C10H10FN3O2S/c11-16-9(15)6-8(13-14-10(12)17)7-4-2-1-3-5-7/h1-5H,6H2,(H3,12,14,17)/b13-8-. The Bertz CT molecular complexity index is 436. The second-order valence-corrected chi connectivity index (χ2v) is 3.47. The van der Waals surface area contributed by atoms with Crippen molar-refractivity contribution in [3.63, 3.8) is 0 Å². The summed E-state index contributed by atoms with van der Waals surface area (Å²) in [5.74, 6) is -1.04. The molecule has 0 spiro atoms. The Balaban J connectivity index is 2.90. The van der Waals surface area contributed by atoms with E-state index in [0.717, 1.165) is 0 Å². The van der Waals surface area contributed by atoms with E-state index in [2.05, 4.69) is 27.7 Å². The molecule has 0 amide bonds. The van der Waals surface area contributed by atoms with Crippen molar-refractivity contribution in [3.05, 3.63) is 35.9 Å². The highest BCUT2D eigenvalue weighted by Crippen LogP contribution is 2.05. The van der Waals surface area contributed by atoms with Gasteiger partial charge in [0.15, 0.2) is 5.11 Å². The number of hydrogen-bond acceptors (Lipinski definition) is 4. The first-order valence-corrected chi connectivity index (χ1v) is 5.03. The van der Waals surface area contributed by atoms with Crippen LogP contribution in [0.5, 0.6) is 0 Å². The predicted octanol–water partition coefficient (Wildman–Crippen LogP) is 1.04. The summed E-state index contributed by atoms with van der Waals surface area (Å²) in [5, 5.41) is 3.77. The van der Waals surface area contributed by atoms with Crippen molar-refractivity contribution in [2.24, 2.45) is 10.8 Å². The van der Waals surface area contributed by atoms with E-state index < -0.39 is 5.97 Å². The molecule has 0 aliphatic heterocycles. The van der Waals surface area contributed by atoms with Gasteiger partial charge in [-0.05, 0) is 17.8 Å². The van der Waals surface area contributed by atoms with Gasteiger partial charge < -0.3 is 5.73 Å². The lowest BCUT2D eigenvalue weighted by Crippen LogP contribution is -2.26. The lowest BCUT2D eigenvalue weighted by molar-refractivity contribution is -0.181. The van der Waals surface area contributed by atoms with Gasteiger partial charge in [-0.15, -0.1) is 0 Å². The number of benzene rings is 1. The number of nitrogens with zero attached hydrogens (tertiary/aromatic N) is 1. The van der Waals surface area contributed by atoms with Gasteiger partial charge in [0.2, 0.25) is 0 Å². The summed E-state index contributed by atoms with van der Waals surface area (Å²) in [7, 11) is 0. The Morgan fingerprint density at radius 3 is 2.65 bits per heavy atom.